The van der Waals surface area contributed by atoms with Gasteiger partial charge in [0.15, 0.2) is 11.5 Å². The Morgan fingerprint density at radius 2 is 2.18 bits per heavy atom. The number of morpholine rings is 1. The quantitative estimate of drug-likeness (QED) is 0.769. The minimum absolute atomic E-state index is 0.00983. The van der Waals surface area contributed by atoms with Crippen LogP contribution >= 0.6 is 11.6 Å². The Balaban J connectivity index is 1.42. The molecule has 1 amide bonds. The number of fused-ring (bicyclic) bond motifs is 1. The van der Waals surface area contributed by atoms with E-state index in [0.29, 0.717) is 17.4 Å². The van der Waals surface area contributed by atoms with Crippen LogP contribution in [0.5, 0.6) is 17.4 Å². The Morgan fingerprint density at radius 1 is 1.32 bits per heavy atom. The number of aromatic nitrogens is 1. The van der Waals surface area contributed by atoms with Crippen LogP contribution in [0.3, 0.4) is 0 Å². The SMILES string of the molecule is O=C(c1cccc2c1OC(F)(F)O2)N1CCOC(COc2ccc(Cl)cn2)C1. The number of amides is 1. The van der Waals surface area contributed by atoms with Gasteiger partial charge in [0, 0.05) is 18.8 Å². The zero-order valence-corrected chi connectivity index (χ0v) is 15.2. The summed E-state index contributed by atoms with van der Waals surface area (Å²) in [5.41, 5.74) is 0.00983. The molecule has 1 aromatic heterocycles. The lowest BCUT2D eigenvalue weighted by Crippen LogP contribution is -2.47. The molecule has 0 aliphatic carbocycles. The second-order valence-corrected chi connectivity index (χ2v) is 6.61. The number of ether oxygens (including phenoxy) is 4. The molecular formula is C18H15ClF2N2O5. The van der Waals surface area contributed by atoms with Crippen molar-refractivity contribution in [2.75, 3.05) is 26.3 Å². The van der Waals surface area contributed by atoms with E-state index in [1.807, 2.05) is 0 Å². The van der Waals surface area contributed by atoms with Crippen LogP contribution in [0, 0.1) is 0 Å². The minimum atomic E-state index is -3.79. The number of halogens is 3. The zero-order chi connectivity index (χ0) is 19.7. The van der Waals surface area contributed by atoms with Gasteiger partial charge in [-0.2, -0.15) is 0 Å². The molecule has 1 saturated heterocycles. The van der Waals surface area contributed by atoms with Crippen LogP contribution in [-0.2, 0) is 4.74 Å². The standard InChI is InChI=1S/C18H15ClF2N2O5/c19-11-4-5-15(22-8-11)26-10-12-9-23(6-7-25-12)17(24)13-2-1-3-14-16(13)28-18(20,21)27-14/h1-5,8,12H,6-7,9-10H2. The number of benzene rings is 1. The van der Waals surface area contributed by atoms with Gasteiger partial charge < -0.3 is 23.8 Å². The van der Waals surface area contributed by atoms with E-state index in [9.17, 15) is 13.6 Å². The van der Waals surface area contributed by atoms with Gasteiger partial charge in [-0.15, -0.1) is 8.78 Å². The first kappa shape index (κ1) is 18.7. The molecule has 28 heavy (non-hydrogen) atoms. The maximum Gasteiger partial charge on any atom is 0.586 e. The Labute approximate surface area is 163 Å². The average Bonchev–Trinajstić information content (AvgIpc) is 3.01. The van der Waals surface area contributed by atoms with E-state index in [0.717, 1.165) is 0 Å². The molecule has 0 radical (unpaired) electrons. The van der Waals surface area contributed by atoms with Gasteiger partial charge in [-0.05, 0) is 18.2 Å². The maximum atomic E-state index is 13.4. The molecule has 2 aromatic rings. The number of alkyl halides is 2. The summed E-state index contributed by atoms with van der Waals surface area (Å²) in [6, 6.07) is 7.48. The summed E-state index contributed by atoms with van der Waals surface area (Å²) in [6.45, 7) is 1.00. The first-order valence-electron chi connectivity index (χ1n) is 8.45. The second kappa shape index (κ2) is 7.40. The van der Waals surface area contributed by atoms with E-state index in [1.54, 1.807) is 12.1 Å². The summed E-state index contributed by atoms with van der Waals surface area (Å²) in [4.78, 5) is 18.4. The molecule has 0 bridgehead atoms. The fourth-order valence-electron chi connectivity index (χ4n) is 2.94. The first-order valence-corrected chi connectivity index (χ1v) is 8.83. The number of nitrogens with zero attached hydrogens (tertiary/aromatic N) is 2. The largest absolute Gasteiger partial charge is 0.586 e. The molecule has 7 nitrogen and oxygen atoms in total. The lowest BCUT2D eigenvalue weighted by Gasteiger charge is -2.32. The Hall–Kier alpha value is -2.65. The minimum Gasteiger partial charge on any atom is -0.475 e. The normalized spacial score (nSPS) is 20.1. The van der Waals surface area contributed by atoms with Crippen molar-refractivity contribution in [2.24, 2.45) is 0 Å². The maximum absolute atomic E-state index is 13.4. The zero-order valence-electron chi connectivity index (χ0n) is 14.4. The molecule has 3 heterocycles. The van der Waals surface area contributed by atoms with Gasteiger partial charge in [0.05, 0.1) is 23.7 Å². The molecule has 1 fully saturated rings. The molecule has 0 N–H and O–H groups in total. The topological polar surface area (TPSA) is 70.1 Å². The van der Waals surface area contributed by atoms with Gasteiger partial charge in [0.1, 0.15) is 12.7 Å². The Kier molecular flexibility index (Phi) is 4.94. The highest BCUT2D eigenvalue weighted by molar-refractivity contribution is 6.30. The average molecular weight is 413 g/mol. The number of carbonyl (C=O) groups is 1. The molecule has 1 unspecified atom stereocenters. The monoisotopic (exact) mass is 412 g/mol. The summed E-state index contributed by atoms with van der Waals surface area (Å²) in [5.74, 6) is -0.499. The fraction of sp³-hybridized carbons (Fsp3) is 0.333. The van der Waals surface area contributed by atoms with E-state index >= 15 is 0 Å². The van der Waals surface area contributed by atoms with Crippen LogP contribution in [0.4, 0.5) is 8.78 Å². The summed E-state index contributed by atoms with van der Waals surface area (Å²) >= 11 is 5.78. The number of pyridine rings is 1. The van der Waals surface area contributed by atoms with E-state index in [-0.39, 0.29) is 36.8 Å². The molecule has 10 heteroatoms. The van der Waals surface area contributed by atoms with Crippen molar-refractivity contribution in [1.29, 1.82) is 0 Å². The van der Waals surface area contributed by atoms with Crippen molar-refractivity contribution >= 4 is 17.5 Å². The van der Waals surface area contributed by atoms with Crippen LogP contribution in [0.1, 0.15) is 10.4 Å². The molecule has 0 saturated carbocycles. The molecule has 0 spiro atoms. The fourth-order valence-corrected chi connectivity index (χ4v) is 3.05. The molecule has 1 aromatic carbocycles. The number of rotatable bonds is 4. The number of para-hydroxylation sites is 1. The predicted octanol–water partition coefficient (Wildman–Crippen LogP) is 2.98. The summed E-state index contributed by atoms with van der Waals surface area (Å²) < 4.78 is 46.8. The van der Waals surface area contributed by atoms with Crippen molar-refractivity contribution in [1.82, 2.24) is 9.88 Å². The smallest absolute Gasteiger partial charge is 0.475 e. The third-order valence-electron chi connectivity index (χ3n) is 4.20. The molecule has 1 atom stereocenters. The van der Waals surface area contributed by atoms with Crippen LogP contribution < -0.4 is 14.2 Å². The highest BCUT2D eigenvalue weighted by Gasteiger charge is 2.45. The second-order valence-electron chi connectivity index (χ2n) is 6.17. The van der Waals surface area contributed by atoms with Crippen molar-refractivity contribution < 1.29 is 32.5 Å². The highest BCUT2D eigenvalue weighted by atomic mass is 35.5. The van der Waals surface area contributed by atoms with Crippen LogP contribution in [0.2, 0.25) is 5.02 Å². The number of carbonyl (C=O) groups excluding carboxylic acids is 1. The Bertz CT molecular complexity index is 881. The molecule has 2 aliphatic heterocycles. The van der Waals surface area contributed by atoms with Gasteiger partial charge in [-0.25, -0.2) is 4.98 Å². The van der Waals surface area contributed by atoms with Gasteiger partial charge in [-0.1, -0.05) is 17.7 Å². The molecule has 148 valence electrons. The highest BCUT2D eigenvalue weighted by Crippen LogP contribution is 2.43. The third-order valence-corrected chi connectivity index (χ3v) is 4.43. The Morgan fingerprint density at radius 3 is 2.96 bits per heavy atom. The summed E-state index contributed by atoms with van der Waals surface area (Å²) in [6.07, 6.45) is -2.72. The lowest BCUT2D eigenvalue weighted by atomic mass is 10.1. The van der Waals surface area contributed by atoms with Gasteiger partial charge in [0.25, 0.3) is 5.91 Å². The van der Waals surface area contributed by atoms with Crippen molar-refractivity contribution in [3.8, 4) is 17.4 Å². The first-order chi connectivity index (χ1) is 13.4. The van der Waals surface area contributed by atoms with Crippen molar-refractivity contribution in [2.45, 2.75) is 12.4 Å². The van der Waals surface area contributed by atoms with Gasteiger partial charge in [0.2, 0.25) is 5.88 Å². The van der Waals surface area contributed by atoms with Gasteiger partial charge in [-0.3, -0.25) is 4.79 Å². The van der Waals surface area contributed by atoms with Gasteiger partial charge >= 0.3 is 6.29 Å². The molecular weight excluding hydrogens is 398 g/mol. The van der Waals surface area contributed by atoms with Crippen LogP contribution in [-0.4, -0.2) is 54.5 Å². The summed E-state index contributed by atoms with van der Waals surface area (Å²) in [7, 11) is 0. The number of hydrogen-bond acceptors (Lipinski definition) is 6. The van der Waals surface area contributed by atoms with E-state index in [2.05, 4.69) is 14.5 Å². The van der Waals surface area contributed by atoms with E-state index < -0.39 is 18.3 Å². The van der Waals surface area contributed by atoms with Crippen LogP contribution in [0.25, 0.3) is 0 Å². The third kappa shape index (κ3) is 3.95. The lowest BCUT2D eigenvalue weighted by molar-refractivity contribution is -0.286. The van der Waals surface area contributed by atoms with E-state index in [1.165, 1.54) is 29.3 Å². The van der Waals surface area contributed by atoms with Crippen molar-refractivity contribution in [3.63, 3.8) is 0 Å². The number of hydrogen-bond donors (Lipinski definition) is 0. The summed E-state index contributed by atoms with van der Waals surface area (Å²) in [5, 5.41) is 0.491. The van der Waals surface area contributed by atoms with Crippen molar-refractivity contribution in [3.05, 3.63) is 47.1 Å². The van der Waals surface area contributed by atoms with Crippen LogP contribution in [0.15, 0.2) is 36.5 Å². The molecule has 4 rings (SSSR count). The van der Waals surface area contributed by atoms with E-state index in [4.69, 9.17) is 21.1 Å². The predicted molar refractivity (Wildman–Crippen MR) is 93.0 cm³/mol. The molecule has 2 aliphatic rings.